The first kappa shape index (κ1) is 18.4. The van der Waals surface area contributed by atoms with Crippen molar-refractivity contribution in [2.45, 2.75) is 34.4 Å². The van der Waals surface area contributed by atoms with Crippen LogP contribution in [0.3, 0.4) is 0 Å². The number of likely N-dealkylation sites (tertiary alicyclic amines) is 1. The minimum Gasteiger partial charge on any atom is -0.468 e. The molecule has 0 aromatic heterocycles. The van der Waals surface area contributed by atoms with Crippen LogP contribution in [0.1, 0.15) is 24.3 Å². The van der Waals surface area contributed by atoms with Gasteiger partial charge < -0.3 is 19.1 Å². The van der Waals surface area contributed by atoms with Crippen LogP contribution in [0.4, 0.5) is 0 Å². The van der Waals surface area contributed by atoms with Crippen LogP contribution >= 0.6 is 11.8 Å². The zero-order valence-corrected chi connectivity index (χ0v) is 16.5. The lowest BCUT2D eigenvalue weighted by Crippen LogP contribution is -2.57. The molecule has 0 saturated carbocycles. The van der Waals surface area contributed by atoms with Gasteiger partial charge in [0.05, 0.1) is 38.4 Å². The van der Waals surface area contributed by atoms with Gasteiger partial charge in [-0.3, -0.25) is 4.79 Å². The molecule has 144 valence electrons. The van der Waals surface area contributed by atoms with E-state index in [-0.39, 0.29) is 12.0 Å². The van der Waals surface area contributed by atoms with E-state index in [1.165, 1.54) is 26.0 Å². The maximum absolute atomic E-state index is 12.9. The van der Waals surface area contributed by atoms with E-state index in [2.05, 4.69) is 4.90 Å². The summed E-state index contributed by atoms with van der Waals surface area (Å²) in [5, 5.41) is 0. The van der Waals surface area contributed by atoms with Crippen molar-refractivity contribution in [3.05, 3.63) is 41.1 Å². The van der Waals surface area contributed by atoms with E-state index >= 15 is 0 Å². The molecule has 1 saturated heterocycles. The van der Waals surface area contributed by atoms with Gasteiger partial charge in [-0.15, -0.1) is 11.8 Å². The van der Waals surface area contributed by atoms with Crippen molar-refractivity contribution in [1.82, 2.24) is 4.90 Å². The average Bonchev–Trinajstić information content (AvgIpc) is 3.23. The topological polar surface area (TPSA) is 65.1 Å². The number of esters is 2. The van der Waals surface area contributed by atoms with Crippen LogP contribution in [0.15, 0.2) is 40.4 Å². The summed E-state index contributed by atoms with van der Waals surface area (Å²) in [6.45, 7) is 1.43. The van der Waals surface area contributed by atoms with Crippen LogP contribution in [0.2, 0.25) is 0 Å². The molecule has 0 N–H and O–H groups in total. The molecule has 0 bridgehead atoms. The predicted molar refractivity (Wildman–Crippen MR) is 100 cm³/mol. The van der Waals surface area contributed by atoms with Crippen molar-refractivity contribution in [2.75, 3.05) is 34.5 Å². The van der Waals surface area contributed by atoms with E-state index in [0.29, 0.717) is 12.2 Å². The molecule has 1 aliphatic carbocycles. The van der Waals surface area contributed by atoms with Crippen LogP contribution in [-0.2, 0) is 23.8 Å². The third-order valence-electron chi connectivity index (χ3n) is 5.73. The number of carbonyl (C=O) groups is 2. The van der Waals surface area contributed by atoms with Crippen LogP contribution in [0, 0.1) is 0 Å². The lowest BCUT2D eigenvalue weighted by atomic mass is 9.66. The van der Waals surface area contributed by atoms with Crippen molar-refractivity contribution in [3.8, 4) is 0 Å². The average molecular weight is 389 g/mol. The summed E-state index contributed by atoms with van der Waals surface area (Å²) in [6, 6.07) is 8.14. The van der Waals surface area contributed by atoms with Gasteiger partial charge in [-0.05, 0) is 24.5 Å². The summed E-state index contributed by atoms with van der Waals surface area (Å²) in [6.07, 6.45) is 2.03. The van der Waals surface area contributed by atoms with E-state index in [9.17, 15) is 9.59 Å². The molecule has 1 fully saturated rings. The fourth-order valence-corrected chi connectivity index (χ4v) is 6.27. The highest BCUT2D eigenvalue weighted by molar-refractivity contribution is 8.02. The Morgan fingerprint density at radius 2 is 2.00 bits per heavy atom. The number of nitrogens with zero attached hydrogens (tertiary/aromatic N) is 1. The SMILES string of the molecule is COC[C@@H]1CCCN1C1=C(C(=O)OC)[C@]2(C(=O)OC)Sc3ccccc3[C@H]12. The van der Waals surface area contributed by atoms with Crippen molar-refractivity contribution in [1.29, 1.82) is 0 Å². The molecular formula is C20H23NO5S. The van der Waals surface area contributed by atoms with E-state index in [4.69, 9.17) is 14.2 Å². The molecule has 2 heterocycles. The maximum atomic E-state index is 12.9. The molecule has 3 atom stereocenters. The number of hydrogen-bond acceptors (Lipinski definition) is 7. The fourth-order valence-electron chi connectivity index (χ4n) is 4.65. The lowest BCUT2D eigenvalue weighted by Gasteiger charge is -2.49. The van der Waals surface area contributed by atoms with Crippen molar-refractivity contribution in [2.24, 2.45) is 0 Å². The molecule has 3 aliphatic rings. The van der Waals surface area contributed by atoms with Crippen molar-refractivity contribution >= 4 is 23.7 Å². The Bertz CT molecular complexity index is 822. The molecule has 27 heavy (non-hydrogen) atoms. The molecular weight excluding hydrogens is 366 g/mol. The van der Waals surface area contributed by atoms with Gasteiger partial charge in [0.2, 0.25) is 0 Å². The minimum atomic E-state index is -1.07. The maximum Gasteiger partial charge on any atom is 0.337 e. The first-order chi connectivity index (χ1) is 13.1. The largest absolute Gasteiger partial charge is 0.468 e. The van der Waals surface area contributed by atoms with Crippen molar-refractivity contribution < 1.29 is 23.8 Å². The summed E-state index contributed by atoms with van der Waals surface area (Å²) in [4.78, 5) is 29.0. The standard InChI is InChI=1S/C20H23NO5S/c1-24-11-12-7-6-10-21(12)17-15-13-8-4-5-9-14(13)27-20(15,19(23)26-3)16(17)18(22)25-2/h4-5,8-9,12,15H,6-7,10-11H2,1-3H3/t12-,15+,20+/m0/s1. The predicted octanol–water partition coefficient (Wildman–Crippen LogP) is 2.34. The van der Waals surface area contributed by atoms with Gasteiger partial charge in [0, 0.05) is 24.2 Å². The Hall–Kier alpha value is -1.99. The first-order valence-electron chi connectivity index (χ1n) is 9.05. The van der Waals surface area contributed by atoms with E-state index in [1.807, 2.05) is 24.3 Å². The van der Waals surface area contributed by atoms with Gasteiger partial charge in [0.25, 0.3) is 0 Å². The number of benzene rings is 1. The fraction of sp³-hybridized carbons (Fsp3) is 0.500. The molecule has 0 radical (unpaired) electrons. The van der Waals surface area contributed by atoms with E-state index in [0.717, 1.165) is 35.5 Å². The normalized spacial score (nSPS) is 28.5. The monoisotopic (exact) mass is 389 g/mol. The third kappa shape index (κ3) is 2.44. The molecule has 0 amide bonds. The number of ether oxygens (including phenoxy) is 3. The van der Waals surface area contributed by atoms with Crippen LogP contribution < -0.4 is 0 Å². The van der Waals surface area contributed by atoms with Crippen LogP contribution in [-0.4, -0.2) is 62.1 Å². The van der Waals surface area contributed by atoms with E-state index in [1.54, 1.807) is 7.11 Å². The van der Waals surface area contributed by atoms with Gasteiger partial charge in [-0.1, -0.05) is 18.2 Å². The smallest absolute Gasteiger partial charge is 0.337 e. The van der Waals surface area contributed by atoms with E-state index < -0.39 is 16.7 Å². The first-order valence-corrected chi connectivity index (χ1v) is 9.86. The lowest BCUT2D eigenvalue weighted by molar-refractivity contribution is -0.147. The molecule has 1 aromatic rings. The second-order valence-corrected chi connectivity index (χ2v) is 8.28. The molecule has 7 heteroatoms. The van der Waals surface area contributed by atoms with Crippen LogP contribution in [0.5, 0.6) is 0 Å². The van der Waals surface area contributed by atoms with Gasteiger partial charge in [-0.25, -0.2) is 4.79 Å². The third-order valence-corrected chi connectivity index (χ3v) is 7.25. The minimum absolute atomic E-state index is 0.193. The molecule has 0 unspecified atom stereocenters. The summed E-state index contributed by atoms with van der Waals surface area (Å²) in [7, 11) is 4.41. The van der Waals surface area contributed by atoms with Crippen LogP contribution in [0.25, 0.3) is 0 Å². The number of allylic oxidation sites excluding steroid dienone is 1. The van der Waals surface area contributed by atoms with Gasteiger partial charge >= 0.3 is 11.9 Å². The Kier molecular flexibility index (Phi) is 4.68. The summed E-state index contributed by atoms with van der Waals surface area (Å²) in [5.41, 5.74) is 2.38. The number of fused-ring (bicyclic) bond motifs is 3. The molecule has 2 aliphatic heterocycles. The zero-order chi connectivity index (χ0) is 19.2. The quantitative estimate of drug-likeness (QED) is 0.716. The zero-order valence-electron chi connectivity index (χ0n) is 15.7. The van der Waals surface area contributed by atoms with Gasteiger partial charge in [0.15, 0.2) is 4.75 Å². The van der Waals surface area contributed by atoms with Crippen molar-refractivity contribution in [3.63, 3.8) is 0 Å². The molecule has 6 nitrogen and oxygen atoms in total. The molecule has 0 spiro atoms. The second kappa shape index (κ2) is 6.87. The Morgan fingerprint density at radius 3 is 2.70 bits per heavy atom. The van der Waals surface area contributed by atoms with Gasteiger partial charge in [-0.2, -0.15) is 0 Å². The molecule has 1 aromatic carbocycles. The second-order valence-electron chi connectivity index (χ2n) is 7.00. The Labute approximate surface area is 162 Å². The number of methoxy groups -OCH3 is 3. The summed E-state index contributed by atoms with van der Waals surface area (Å²) in [5.74, 6) is -1.08. The highest BCUT2D eigenvalue weighted by atomic mass is 32.2. The number of rotatable bonds is 5. The summed E-state index contributed by atoms with van der Waals surface area (Å²) < 4.78 is 14.6. The molecule has 4 rings (SSSR count). The van der Waals surface area contributed by atoms with Gasteiger partial charge in [0.1, 0.15) is 0 Å². The highest BCUT2D eigenvalue weighted by Gasteiger charge is 2.69. The summed E-state index contributed by atoms with van der Waals surface area (Å²) >= 11 is 1.40. The number of carbonyl (C=O) groups excluding carboxylic acids is 2. The Balaban J connectivity index is 1.89. The Morgan fingerprint density at radius 1 is 1.22 bits per heavy atom. The highest BCUT2D eigenvalue weighted by Crippen LogP contribution is 2.68. The number of hydrogen-bond donors (Lipinski definition) is 0. The number of thioether (sulfide) groups is 1.